The van der Waals surface area contributed by atoms with Gasteiger partial charge in [0, 0.05) is 17.2 Å². The summed E-state index contributed by atoms with van der Waals surface area (Å²) < 4.78 is 47.7. The van der Waals surface area contributed by atoms with E-state index in [1.807, 2.05) is 0 Å². The Morgan fingerprint density at radius 3 is 1.79 bits per heavy atom. The summed E-state index contributed by atoms with van der Waals surface area (Å²) in [6.45, 7) is 0. The maximum atomic E-state index is 12.5. The van der Waals surface area contributed by atoms with Crippen LogP contribution in [0.1, 0.15) is 10.4 Å². The molecule has 8 heteroatoms. The second kappa shape index (κ2) is 6.91. The molecule has 0 saturated heterocycles. The van der Waals surface area contributed by atoms with Gasteiger partial charge in [-0.05, 0) is 5.56 Å². The van der Waals surface area contributed by atoms with Gasteiger partial charge in [-0.3, -0.25) is 4.79 Å². The van der Waals surface area contributed by atoms with E-state index in [1.54, 1.807) is 0 Å². The highest BCUT2D eigenvalue weighted by Gasteiger charge is 2.39. The van der Waals surface area contributed by atoms with Crippen molar-refractivity contribution in [2.45, 2.75) is 6.18 Å². The summed E-state index contributed by atoms with van der Waals surface area (Å²) in [6, 6.07) is 6.26. The minimum atomic E-state index is -4.93. The molecule has 24 heavy (non-hydrogen) atoms. The summed E-state index contributed by atoms with van der Waals surface area (Å²) in [5.74, 6) is -1.33. The molecule has 0 unspecified atom stereocenters. The maximum Gasteiger partial charge on any atom is 0.454 e. The molecule has 0 amide bonds. The van der Waals surface area contributed by atoms with Crippen LogP contribution < -0.4 is 9.47 Å². The average Bonchev–Trinajstić information content (AvgIpc) is 2.54. The van der Waals surface area contributed by atoms with Crippen LogP contribution in [-0.2, 0) is 0 Å². The van der Waals surface area contributed by atoms with E-state index in [4.69, 9.17) is 32.7 Å². The Kier molecular flexibility index (Phi) is 5.30. The van der Waals surface area contributed by atoms with Crippen LogP contribution in [-0.4, -0.2) is 26.2 Å². The number of ether oxygens (including phenoxy) is 2. The summed E-state index contributed by atoms with van der Waals surface area (Å²) in [4.78, 5) is 11.2. The van der Waals surface area contributed by atoms with Crippen molar-refractivity contribution in [1.29, 1.82) is 0 Å². The van der Waals surface area contributed by atoms with Gasteiger partial charge in [-0.15, -0.1) is 0 Å². The summed E-state index contributed by atoms with van der Waals surface area (Å²) in [5, 5.41) is 0.358. The highest BCUT2D eigenvalue weighted by molar-refractivity contribution is 6.41. The van der Waals surface area contributed by atoms with Gasteiger partial charge in [0.2, 0.25) is 0 Å². The zero-order chi connectivity index (χ0) is 18.1. The number of carbonyl (C=O) groups is 1. The maximum absolute atomic E-state index is 12.5. The first-order chi connectivity index (χ1) is 11.2. The fourth-order valence-corrected chi connectivity index (χ4v) is 2.81. The molecule has 0 radical (unpaired) electrons. The second-order valence-corrected chi connectivity index (χ2v) is 5.44. The number of alkyl halides is 3. The van der Waals surface area contributed by atoms with Crippen molar-refractivity contribution in [2.75, 3.05) is 14.2 Å². The molecule has 0 bridgehead atoms. The molecule has 0 N–H and O–H groups in total. The SMILES string of the molecule is COc1cc(OC)c(Cl)c(-c2ccc(C(=O)C(F)(F)F)cc2)c1Cl. The van der Waals surface area contributed by atoms with Crippen molar-refractivity contribution in [3.05, 3.63) is 45.9 Å². The Morgan fingerprint density at radius 2 is 1.42 bits per heavy atom. The van der Waals surface area contributed by atoms with Crippen LogP contribution >= 0.6 is 23.2 Å². The number of halogens is 5. The molecule has 3 nitrogen and oxygen atoms in total. The molecule has 0 atom stereocenters. The van der Waals surface area contributed by atoms with Crippen LogP contribution in [0, 0.1) is 0 Å². The summed E-state index contributed by atoms with van der Waals surface area (Å²) in [6.07, 6.45) is -4.93. The lowest BCUT2D eigenvalue weighted by molar-refractivity contribution is -0.0885. The van der Waals surface area contributed by atoms with E-state index in [2.05, 4.69) is 0 Å². The van der Waals surface area contributed by atoms with E-state index in [0.717, 1.165) is 12.1 Å². The van der Waals surface area contributed by atoms with Crippen molar-refractivity contribution in [1.82, 2.24) is 0 Å². The van der Waals surface area contributed by atoms with Crippen molar-refractivity contribution in [3.8, 4) is 22.6 Å². The Labute approximate surface area is 145 Å². The van der Waals surface area contributed by atoms with Crippen molar-refractivity contribution in [3.63, 3.8) is 0 Å². The van der Waals surface area contributed by atoms with Gasteiger partial charge in [-0.2, -0.15) is 13.2 Å². The predicted octanol–water partition coefficient (Wildman–Crippen LogP) is 5.42. The highest BCUT2D eigenvalue weighted by Crippen LogP contribution is 2.45. The van der Waals surface area contributed by atoms with Gasteiger partial charge in [0.25, 0.3) is 5.78 Å². The van der Waals surface area contributed by atoms with Gasteiger partial charge in [-0.1, -0.05) is 47.5 Å². The number of ketones is 1. The third kappa shape index (κ3) is 3.44. The number of Topliss-reactive ketones (excluding diaryl/α,β-unsaturated/α-hetero) is 1. The zero-order valence-electron chi connectivity index (χ0n) is 12.5. The standard InChI is InChI=1S/C16H11Cl2F3O3/c1-23-10-7-11(24-2)14(18)12(13(10)17)8-3-5-9(6-4-8)15(22)16(19,20)21/h3-7H,1-2H3. The Bertz CT molecular complexity index is 743. The second-order valence-electron chi connectivity index (χ2n) is 4.69. The Balaban J connectivity index is 2.55. The van der Waals surface area contributed by atoms with E-state index >= 15 is 0 Å². The van der Waals surface area contributed by atoms with Crippen molar-refractivity contribution in [2.24, 2.45) is 0 Å². The Hall–Kier alpha value is -1.92. The van der Waals surface area contributed by atoms with Gasteiger partial charge in [0.1, 0.15) is 11.5 Å². The number of benzene rings is 2. The molecule has 0 aliphatic rings. The third-order valence-corrected chi connectivity index (χ3v) is 4.02. The topological polar surface area (TPSA) is 35.5 Å². The molecule has 0 fully saturated rings. The largest absolute Gasteiger partial charge is 0.495 e. The summed E-state index contributed by atoms with van der Waals surface area (Å²) in [7, 11) is 2.81. The number of carbonyl (C=O) groups excluding carboxylic acids is 1. The first kappa shape index (κ1) is 18.4. The molecule has 0 aliphatic heterocycles. The molecule has 0 aliphatic carbocycles. The third-order valence-electron chi connectivity index (χ3n) is 3.27. The lowest BCUT2D eigenvalue weighted by Gasteiger charge is -2.15. The van der Waals surface area contributed by atoms with Crippen molar-refractivity contribution >= 4 is 29.0 Å². The molecule has 2 rings (SSSR count). The molecule has 0 spiro atoms. The molecule has 0 aromatic heterocycles. The molecule has 0 saturated carbocycles. The van der Waals surface area contributed by atoms with Crippen LogP contribution in [0.25, 0.3) is 11.1 Å². The van der Waals surface area contributed by atoms with E-state index in [1.165, 1.54) is 32.4 Å². The van der Waals surface area contributed by atoms with E-state index < -0.39 is 17.5 Å². The smallest absolute Gasteiger partial charge is 0.454 e. The first-order valence-corrected chi connectivity index (χ1v) is 7.28. The quantitative estimate of drug-likeness (QED) is 0.666. The number of methoxy groups -OCH3 is 2. The van der Waals surface area contributed by atoms with Gasteiger partial charge in [-0.25, -0.2) is 0 Å². The predicted molar refractivity (Wildman–Crippen MR) is 85.4 cm³/mol. The van der Waals surface area contributed by atoms with Gasteiger partial charge < -0.3 is 9.47 Å². The molecular formula is C16H11Cl2F3O3. The van der Waals surface area contributed by atoms with Crippen LogP contribution in [0.4, 0.5) is 13.2 Å². The normalized spacial score (nSPS) is 11.3. The van der Waals surface area contributed by atoms with Gasteiger partial charge in [0.15, 0.2) is 0 Å². The van der Waals surface area contributed by atoms with Gasteiger partial charge in [0.05, 0.1) is 24.3 Å². The highest BCUT2D eigenvalue weighted by atomic mass is 35.5. The monoisotopic (exact) mass is 378 g/mol. The fraction of sp³-hybridized carbons (Fsp3) is 0.188. The lowest BCUT2D eigenvalue weighted by Crippen LogP contribution is -2.22. The lowest BCUT2D eigenvalue weighted by atomic mass is 10.0. The zero-order valence-corrected chi connectivity index (χ0v) is 14.0. The summed E-state index contributed by atoms with van der Waals surface area (Å²) >= 11 is 12.5. The van der Waals surface area contributed by atoms with Crippen LogP contribution in [0.15, 0.2) is 30.3 Å². The molecular weight excluding hydrogens is 368 g/mol. The molecule has 128 valence electrons. The van der Waals surface area contributed by atoms with Crippen LogP contribution in [0.3, 0.4) is 0 Å². The summed E-state index contributed by atoms with van der Waals surface area (Å²) in [5.41, 5.74) is 0.273. The van der Waals surface area contributed by atoms with E-state index in [9.17, 15) is 18.0 Å². The molecule has 2 aromatic carbocycles. The number of hydrogen-bond donors (Lipinski definition) is 0. The van der Waals surface area contributed by atoms with E-state index in [0.29, 0.717) is 22.6 Å². The fourth-order valence-electron chi connectivity index (χ4n) is 2.09. The number of rotatable bonds is 4. The molecule has 0 heterocycles. The minimum Gasteiger partial charge on any atom is -0.495 e. The number of hydrogen-bond acceptors (Lipinski definition) is 3. The average molecular weight is 379 g/mol. The Morgan fingerprint density at radius 1 is 0.958 bits per heavy atom. The van der Waals surface area contributed by atoms with Crippen LogP contribution in [0.5, 0.6) is 11.5 Å². The van der Waals surface area contributed by atoms with Crippen LogP contribution in [0.2, 0.25) is 10.0 Å². The minimum absolute atomic E-state index is 0.179. The van der Waals surface area contributed by atoms with Gasteiger partial charge >= 0.3 is 6.18 Å². The molecule has 2 aromatic rings. The first-order valence-electron chi connectivity index (χ1n) is 6.52. The van der Waals surface area contributed by atoms with Crippen molar-refractivity contribution < 1.29 is 27.4 Å². The van der Waals surface area contributed by atoms with E-state index in [-0.39, 0.29) is 10.0 Å².